The monoisotopic (exact) mass is 325 g/mol. The molecule has 0 aliphatic carbocycles. The van der Waals surface area contributed by atoms with E-state index in [0.717, 1.165) is 22.8 Å². The molecule has 1 N–H and O–H groups in total. The number of aryl methyl sites for hydroxylation is 1. The number of anilines is 1. The third-order valence-corrected chi connectivity index (χ3v) is 4.39. The van der Waals surface area contributed by atoms with Crippen molar-refractivity contribution >= 4 is 34.0 Å². The van der Waals surface area contributed by atoms with Crippen LogP contribution in [0.1, 0.15) is 31.0 Å². The maximum absolute atomic E-state index is 12.0. The first-order chi connectivity index (χ1) is 11.3. The van der Waals surface area contributed by atoms with Gasteiger partial charge in [-0.2, -0.15) is 0 Å². The molecule has 5 heteroatoms. The van der Waals surface area contributed by atoms with Gasteiger partial charge in [-0.1, -0.05) is 25.5 Å². The number of benzene rings is 1. The second-order valence-electron chi connectivity index (χ2n) is 5.36. The number of unbranched alkanes of at least 4 members (excludes halogenated alkanes) is 1. The van der Waals surface area contributed by atoms with Gasteiger partial charge in [0, 0.05) is 23.3 Å². The van der Waals surface area contributed by atoms with Crippen molar-refractivity contribution in [2.45, 2.75) is 26.2 Å². The highest BCUT2D eigenvalue weighted by molar-refractivity contribution is 7.15. The van der Waals surface area contributed by atoms with Crippen molar-refractivity contribution in [1.29, 1.82) is 0 Å². The van der Waals surface area contributed by atoms with Crippen LogP contribution in [0.3, 0.4) is 0 Å². The lowest BCUT2D eigenvalue weighted by molar-refractivity contribution is -0.111. The molecule has 0 saturated heterocycles. The Hall–Kier alpha value is -2.40. The van der Waals surface area contributed by atoms with Crippen molar-refractivity contribution < 1.29 is 4.79 Å². The van der Waals surface area contributed by atoms with E-state index in [1.54, 1.807) is 23.6 Å². The summed E-state index contributed by atoms with van der Waals surface area (Å²) in [4.78, 5) is 17.2. The molecule has 0 saturated carbocycles. The van der Waals surface area contributed by atoms with Crippen LogP contribution in [0.4, 0.5) is 5.69 Å². The fraction of sp³-hybridized carbons (Fsp3) is 0.222. The molecule has 1 aromatic carbocycles. The molecule has 0 unspecified atom stereocenters. The largest absolute Gasteiger partial charge is 0.323 e. The number of hydrogen-bond donors (Lipinski definition) is 1. The summed E-state index contributed by atoms with van der Waals surface area (Å²) in [6, 6.07) is 8.04. The molecule has 1 amide bonds. The fourth-order valence-corrected chi connectivity index (χ4v) is 3.05. The Labute approximate surface area is 139 Å². The van der Waals surface area contributed by atoms with Crippen LogP contribution < -0.4 is 5.32 Å². The molecule has 2 heterocycles. The van der Waals surface area contributed by atoms with Gasteiger partial charge in [0.15, 0.2) is 4.96 Å². The summed E-state index contributed by atoms with van der Waals surface area (Å²) in [7, 11) is 0. The summed E-state index contributed by atoms with van der Waals surface area (Å²) in [5.41, 5.74) is 3.01. The third-order valence-electron chi connectivity index (χ3n) is 3.62. The van der Waals surface area contributed by atoms with Crippen molar-refractivity contribution in [3.8, 4) is 0 Å². The Morgan fingerprint density at radius 1 is 1.35 bits per heavy atom. The van der Waals surface area contributed by atoms with Gasteiger partial charge in [0.1, 0.15) is 0 Å². The minimum atomic E-state index is -0.142. The number of imidazole rings is 1. The molecule has 4 nitrogen and oxygen atoms in total. The van der Waals surface area contributed by atoms with Crippen molar-refractivity contribution in [3.05, 3.63) is 59.4 Å². The van der Waals surface area contributed by atoms with Gasteiger partial charge >= 0.3 is 0 Å². The van der Waals surface area contributed by atoms with E-state index in [1.807, 2.05) is 28.1 Å². The van der Waals surface area contributed by atoms with Gasteiger partial charge in [0.05, 0.1) is 11.9 Å². The number of fused-ring (bicyclic) bond motifs is 1. The van der Waals surface area contributed by atoms with Gasteiger partial charge in [-0.25, -0.2) is 4.98 Å². The van der Waals surface area contributed by atoms with Gasteiger partial charge in [-0.15, -0.1) is 11.3 Å². The number of amides is 1. The summed E-state index contributed by atoms with van der Waals surface area (Å²) >= 11 is 1.57. The lowest BCUT2D eigenvalue weighted by Gasteiger charge is -2.04. The predicted molar refractivity (Wildman–Crippen MR) is 95.8 cm³/mol. The van der Waals surface area contributed by atoms with Crippen LogP contribution in [-0.2, 0) is 11.2 Å². The molecule has 0 bridgehead atoms. The normalized spacial score (nSPS) is 11.3. The zero-order chi connectivity index (χ0) is 16.1. The molecule has 0 aliphatic rings. The number of carbonyl (C=O) groups is 1. The summed E-state index contributed by atoms with van der Waals surface area (Å²) in [6.07, 6.45) is 10.5. The maximum atomic E-state index is 12.0. The van der Waals surface area contributed by atoms with E-state index in [1.165, 1.54) is 24.5 Å². The third kappa shape index (κ3) is 3.87. The highest BCUT2D eigenvalue weighted by Gasteiger charge is 2.02. The Balaban J connectivity index is 1.60. The van der Waals surface area contributed by atoms with Crippen LogP contribution in [0.2, 0.25) is 0 Å². The van der Waals surface area contributed by atoms with Gasteiger partial charge in [0.25, 0.3) is 0 Å². The van der Waals surface area contributed by atoms with Crippen molar-refractivity contribution in [1.82, 2.24) is 9.38 Å². The maximum Gasteiger partial charge on any atom is 0.248 e. The summed E-state index contributed by atoms with van der Waals surface area (Å²) in [6.45, 7) is 2.19. The molecular formula is C18H19N3OS. The van der Waals surface area contributed by atoms with Gasteiger partial charge in [-0.05, 0) is 36.6 Å². The molecule has 23 heavy (non-hydrogen) atoms. The first-order valence-electron chi connectivity index (χ1n) is 7.75. The Morgan fingerprint density at radius 3 is 2.96 bits per heavy atom. The minimum Gasteiger partial charge on any atom is -0.323 e. The number of rotatable bonds is 6. The highest BCUT2D eigenvalue weighted by Crippen LogP contribution is 2.14. The molecule has 0 radical (unpaired) electrons. The quantitative estimate of drug-likeness (QED) is 0.683. The van der Waals surface area contributed by atoms with Crippen LogP contribution >= 0.6 is 11.3 Å². The second kappa shape index (κ2) is 7.24. The van der Waals surface area contributed by atoms with E-state index in [9.17, 15) is 4.79 Å². The number of thiazole rings is 1. The molecule has 2 aromatic heterocycles. The molecule has 3 aromatic rings. The standard InChI is InChI=1S/C18H19N3OS/c1-2-3-4-14-5-7-15(8-6-14)20-17(22)10-9-16-13-19-18-21(16)11-12-23-18/h5-13H,2-4H2,1H3,(H,20,22)/b10-9+. The second-order valence-corrected chi connectivity index (χ2v) is 6.23. The number of nitrogens with zero attached hydrogens (tertiary/aromatic N) is 2. The first kappa shape index (κ1) is 15.5. The van der Waals surface area contributed by atoms with Crippen LogP contribution in [0.5, 0.6) is 0 Å². The van der Waals surface area contributed by atoms with Crippen LogP contribution in [0, 0.1) is 0 Å². The van der Waals surface area contributed by atoms with Gasteiger partial charge in [0.2, 0.25) is 5.91 Å². The molecular weight excluding hydrogens is 306 g/mol. The molecule has 3 rings (SSSR count). The number of aromatic nitrogens is 2. The highest BCUT2D eigenvalue weighted by atomic mass is 32.1. The van der Waals surface area contributed by atoms with E-state index in [4.69, 9.17) is 0 Å². The molecule has 0 spiro atoms. The average Bonchev–Trinajstić information content (AvgIpc) is 3.16. The lowest BCUT2D eigenvalue weighted by Crippen LogP contribution is -2.07. The zero-order valence-corrected chi connectivity index (χ0v) is 13.8. The summed E-state index contributed by atoms with van der Waals surface area (Å²) < 4.78 is 1.96. The van der Waals surface area contributed by atoms with Crippen LogP contribution in [-0.4, -0.2) is 15.3 Å². The Kier molecular flexibility index (Phi) is 4.88. The van der Waals surface area contributed by atoms with E-state index in [-0.39, 0.29) is 5.91 Å². The Morgan fingerprint density at radius 2 is 2.17 bits per heavy atom. The van der Waals surface area contributed by atoms with Crippen molar-refractivity contribution in [3.63, 3.8) is 0 Å². The van der Waals surface area contributed by atoms with Crippen molar-refractivity contribution in [2.24, 2.45) is 0 Å². The number of nitrogens with one attached hydrogen (secondary N) is 1. The number of carbonyl (C=O) groups excluding carboxylic acids is 1. The fourth-order valence-electron chi connectivity index (χ4n) is 2.35. The predicted octanol–water partition coefficient (Wildman–Crippen LogP) is 4.39. The molecule has 0 fully saturated rings. The summed E-state index contributed by atoms with van der Waals surface area (Å²) in [5.74, 6) is -0.142. The smallest absolute Gasteiger partial charge is 0.248 e. The van der Waals surface area contributed by atoms with E-state index >= 15 is 0 Å². The molecule has 0 aliphatic heterocycles. The number of hydrogen-bond acceptors (Lipinski definition) is 3. The Bertz CT molecular complexity index is 814. The van der Waals surface area contributed by atoms with Gasteiger partial charge < -0.3 is 5.32 Å². The first-order valence-corrected chi connectivity index (χ1v) is 8.63. The van der Waals surface area contributed by atoms with Crippen molar-refractivity contribution in [2.75, 3.05) is 5.32 Å². The minimum absolute atomic E-state index is 0.142. The zero-order valence-electron chi connectivity index (χ0n) is 13.0. The van der Waals surface area contributed by atoms with E-state index in [2.05, 4.69) is 29.4 Å². The van der Waals surface area contributed by atoms with E-state index < -0.39 is 0 Å². The molecule has 118 valence electrons. The van der Waals surface area contributed by atoms with E-state index in [0.29, 0.717) is 0 Å². The molecule has 0 atom stereocenters. The van der Waals surface area contributed by atoms with Gasteiger partial charge in [-0.3, -0.25) is 9.20 Å². The lowest BCUT2D eigenvalue weighted by atomic mass is 10.1. The van der Waals surface area contributed by atoms with Crippen LogP contribution in [0.15, 0.2) is 48.1 Å². The van der Waals surface area contributed by atoms with Crippen LogP contribution in [0.25, 0.3) is 11.0 Å². The average molecular weight is 325 g/mol. The summed E-state index contributed by atoms with van der Waals surface area (Å²) in [5, 5.41) is 4.85. The SMILES string of the molecule is CCCCc1ccc(NC(=O)/C=C/c2cnc3sccn23)cc1. The topological polar surface area (TPSA) is 46.4 Å².